The molecule has 1 aromatic heterocycles. The normalized spacial score (nSPS) is 12.1. The summed E-state index contributed by atoms with van der Waals surface area (Å²) in [6, 6.07) is 9.21. The SMILES string of the molecule is CC(CO)CNC(=O)c1cccc(-c2ccoc2)c1. The van der Waals surface area contributed by atoms with E-state index in [4.69, 9.17) is 9.52 Å². The van der Waals surface area contributed by atoms with Crippen molar-refractivity contribution in [3.63, 3.8) is 0 Å². The zero-order chi connectivity index (χ0) is 13.7. The monoisotopic (exact) mass is 259 g/mol. The molecule has 100 valence electrons. The van der Waals surface area contributed by atoms with Crippen LogP contribution in [0.5, 0.6) is 0 Å². The summed E-state index contributed by atoms with van der Waals surface area (Å²) < 4.78 is 5.03. The van der Waals surface area contributed by atoms with Crippen LogP contribution in [-0.2, 0) is 0 Å². The van der Waals surface area contributed by atoms with Gasteiger partial charge in [0.1, 0.15) is 0 Å². The number of furan rings is 1. The number of aliphatic hydroxyl groups excluding tert-OH is 1. The number of hydrogen-bond donors (Lipinski definition) is 2. The standard InChI is InChI=1S/C15H17NO3/c1-11(9-17)8-16-15(18)13-4-2-3-12(7-13)14-5-6-19-10-14/h2-7,10-11,17H,8-9H2,1H3,(H,16,18). The average Bonchev–Trinajstić information content (AvgIpc) is 2.98. The van der Waals surface area contributed by atoms with Crippen LogP contribution >= 0.6 is 0 Å². The highest BCUT2D eigenvalue weighted by molar-refractivity contribution is 5.95. The van der Waals surface area contributed by atoms with Gasteiger partial charge in [0, 0.05) is 24.3 Å². The molecule has 0 aliphatic heterocycles. The summed E-state index contributed by atoms with van der Waals surface area (Å²) in [6.07, 6.45) is 3.25. The first-order valence-electron chi connectivity index (χ1n) is 6.22. The Balaban J connectivity index is 2.08. The molecule has 4 heteroatoms. The van der Waals surface area contributed by atoms with Gasteiger partial charge in [0.15, 0.2) is 0 Å². The second-order valence-corrected chi connectivity index (χ2v) is 4.59. The van der Waals surface area contributed by atoms with Gasteiger partial charge in [-0.05, 0) is 29.7 Å². The van der Waals surface area contributed by atoms with Gasteiger partial charge >= 0.3 is 0 Å². The molecule has 0 fully saturated rings. The lowest BCUT2D eigenvalue weighted by atomic mass is 10.1. The van der Waals surface area contributed by atoms with Crippen molar-refractivity contribution in [1.82, 2.24) is 5.32 Å². The Hall–Kier alpha value is -2.07. The Morgan fingerprint density at radius 2 is 2.21 bits per heavy atom. The number of benzene rings is 1. The predicted molar refractivity (Wildman–Crippen MR) is 72.7 cm³/mol. The summed E-state index contributed by atoms with van der Waals surface area (Å²) >= 11 is 0. The first-order valence-corrected chi connectivity index (χ1v) is 6.22. The summed E-state index contributed by atoms with van der Waals surface area (Å²) in [6.45, 7) is 2.41. The fourth-order valence-corrected chi connectivity index (χ4v) is 1.70. The fraction of sp³-hybridized carbons (Fsp3) is 0.267. The Labute approximate surface area is 112 Å². The molecule has 0 saturated heterocycles. The number of rotatable bonds is 5. The highest BCUT2D eigenvalue weighted by Gasteiger charge is 2.08. The van der Waals surface area contributed by atoms with Crippen molar-refractivity contribution in [3.8, 4) is 11.1 Å². The molecule has 2 rings (SSSR count). The summed E-state index contributed by atoms with van der Waals surface area (Å²) in [5.74, 6) is -0.0772. The molecule has 1 atom stereocenters. The zero-order valence-electron chi connectivity index (χ0n) is 10.8. The molecule has 19 heavy (non-hydrogen) atoms. The summed E-state index contributed by atoms with van der Waals surface area (Å²) in [5.41, 5.74) is 2.49. The molecule has 0 saturated carbocycles. The van der Waals surface area contributed by atoms with Gasteiger partial charge in [0.05, 0.1) is 12.5 Å². The van der Waals surface area contributed by atoms with Crippen molar-refractivity contribution in [1.29, 1.82) is 0 Å². The lowest BCUT2D eigenvalue weighted by molar-refractivity contribution is 0.0942. The molecule has 2 N–H and O–H groups in total. The van der Waals surface area contributed by atoms with Crippen LogP contribution < -0.4 is 5.32 Å². The maximum atomic E-state index is 12.0. The molecular weight excluding hydrogens is 242 g/mol. The number of carbonyl (C=O) groups is 1. The summed E-state index contributed by atoms with van der Waals surface area (Å²) in [7, 11) is 0. The molecule has 0 aliphatic rings. The quantitative estimate of drug-likeness (QED) is 0.866. The van der Waals surface area contributed by atoms with Crippen LogP contribution in [0.3, 0.4) is 0 Å². The highest BCUT2D eigenvalue weighted by atomic mass is 16.3. The van der Waals surface area contributed by atoms with E-state index in [0.717, 1.165) is 11.1 Å². The van der Waals surface area contributed by atoms with Crippen LogP contribution in [0.25, 0.3) is 11.1 Å². The van der Waals surface area contributed by atoms with E-state index >= 15 is 0 Å². The smallest absolute Gasteiger partial charge is 0.251 e. The van der Waals surface area contributed by atoms with E-state index in [1.807, 2.05) is 31.2 Å². The lowest BCUT2D eigenvalue weighted by Crippen LogP contribution is -2.29. The number of hydrogen-bond acceptors (Lipinski definition) is 3. The van der Waals surface area contributed by atoms with Crippen molar-refractivity contribution >= 4 is 5.91 Å². The fourth-order valence-electron chi connectivity index (χ4n) is 1.70. The molecule has 1 heterocycles. The lowest BCUT2D eigenvalue weighted by Gasteiger charge is -2.10. The molecule has 1 unspecified atom stereocenters. The number of carbonyl (C=O) groups excluding carboxylic acids is 1. The highest BCUT2D eigenvalue weighted by Crippen LogP contribution is 2.20. The van der Waals surface area contributed by atoms with Crippen LogP contribution in [0.2, 0.25) is 0 Å². The molecule has 0 spiro atoms. The van der Waals surface area contributed by atoms with Crippen LogP contribution in [0.1, 0.15) is 17.3 Å². The summed E-state index contributed by atoms with van der Waals surface area (Å²) in [5, 5.41) is 11.7. The van der Waals surface area contributed by atoms with E-state index < -0.39 is 0 Å². The minimum Gasteiger partial charge on any atom is -0.472 e. The van der Waals surface area contributed by atoms with Crippen LogP contribution in [0.15, 0.2) is 47.3 Å². The second kappa shape index (κ2) is 6.20. The Kier molecular flexibility index (Phi) is 4.36. The van der Waals surface area contributed by atoms with Crippen LogP contribution in [-0.4, -0.2) is 24.2 Å². The maximum Gasteiger partial charge on any atom is 0.251 e. The van der Waals surface area contributed by atoms with Gasteiger partial charge in [-0.1, -0.05) is 19.1 Å². The molecule has 1 aromatic carbocycles. The molecule has 1 amide bonds. The third-order valence-corrected chi connectivity index (χ3v) is 2.90. The Bertz CT molecular complexity index is 534. The first kappa shape index (κ1) is 13.4. The molecule has 0 aliphatic carbocycles. The van der Waals surface area contributed by atoms with Gasteiger partial charge in [0.25, 0.3) is 5.91 Å². The summed E-state index contributed by atoms with van der Waals surface area (Å²) in [4.78, 5) is 12.0. The van der Waals surface area contributed by atoms with E-state index in [9.17, 15) is 4.79 Å². The molecule has 0 bridgehead atoms. The van der Waals surface area contributed by atoms with E-state index in [2.05, 4.69) is 5.32 Å². The topological polar surface area (TPSA) is 62.5 Å². The Morgan fingerprint density at radius 3 is 2.89 bits per heavy atom. The minimum absolute atomic E-state index is 0.0565. The van der Waals surface area contributed by atoms with E-state index in [1.165, 1.54) is 0 Å². The predicted octanol–water partition coefficient (Wildman–Crippen LogP) is 2.30. The number of aliphatic hydroxyl groups is 1. The Morgan fingerprint density at radius 1 is 1.37 bits per heavy atom. The van der Waals surface area contributed by atoms with Gasteiger partial charge in [-0.25, -0.2) is 0 Å². The van der Waals surface area contributed by atoms with Crippen molar-refractivity contribution in [2.45, 2.75) is 6.92 Å². The maximum absolute atomic E-state index is 12.0. The molecule has 0 radical (unpaired) electrons. The van der Waals surface area contributed by atoms with Crippen LogP contribution in [0, 0.1) is 5.92 Å². The first-order chi connectivity index (χ1) is 9.20. The number of nitrogens with one attached hydrogen (secondary N) is 1. The van der Waals surface area contributed by atoms with Gasteiger partial charge in [0.2, 0.25) is 0 Å². The van der Waals surface area contributed by atoms with Gasteiger partial charge in [-0.3, -0.25) is 4.79 Å². The van der Waals surface area contributed by atoms with Gasteiger partial charge in [-0.2, -0.15) is 0 Å². The second-order valence-electron chi connectivity index (χ2n) is 4.59. The van der Waals surface area contributed by atoms with Gasteiger partial charge < -0.3 is 14.8 Å². The largest absolute Gasteiger partial charge is 0.472 e. The van der Waals surface area contributed by atoms with E-state index in [1.54, 1.807) is 18.6 Å². The molecule has 2 aromatic rings. The third kappa shape index (κ3) is 3.45. The molecular formula is C15H17NO3. The minimum atomic E-state index is -0.134. The van der Waals surface area contributed by atoms with Crippen molar-refractivity contribution in [2.75, 3.05) is 13.2 Å². The van der Waals surface area contributed by atoms with E-state index in [0.29, 0.717) is 12.1 Å². The zero-order valence-corrected chi connectivity index (χ0v) is 10.8. The van der Waals surface area contributed by atoms with Crippen molar-refractivity contribution < 1.29 is 14.3 Å². The molecule has 4 nitrogen and oxygen atoms in total. The average molecular weight is 259 g/mol. The van der Waals surface area contributed by atoms with Gasteiger partial charge in [-0.15, -0.1) is 0 Å². The van der Waals surface area contributed by atoms with E-state index in [-0.39, 0.29) is 18.4 Å². The van der Waals surface area contributed by atoms with Crippen molar-refractivity contribution in [2.24, 2.45) is 5.92 Å². The van der Waals surface area contributed by atoms with Crippen LogP contribution in [0.4, 0.5) is 0 Å². The third-order valence-electron chi connectivity index (χ3n) is 2.90. The van der Waals surface area contributed by atoms with Crippen molar-refractivity contribution in [3.05, 3.63) is 48.4 Å². The number of amides is 1.